The number of aliphatic hydroxyl groups is 1. The van der Waals surface area contributed by atoms with Gasteiger partial charge in [0.25, 0.3) is 0 Å². The van der Waals surface area contributed by atoms with E-state index in [1.165, 1.54) is 37.7 Å². The molecule has 0 bridgehead atoms. The van der Waals surface area contributed by atoms with E-state index >= 15 is 0 Å². The summed E-state index contributed by atoms with van der Waals surface area (Å²) in [5.41, 5.74) is 1.18. The molecule has 1 aromatic carbocycles. The number of methoxy groups -OCH3 is 1. The number of hydrogen-bond donors (Lipinski definition) is 1. The highest BCUT2D eigenvalue weighted by Gasteiger charge is 2.15. The van der Waals surface area contributed by atoms with Crippen LogP contribution in [0, 0.1) is 0 Å². The highest BCUT2D eigenvalue weighted by Crippen LogP contribution is 2.28. The van der Waals surface area contributed by atoms with Crippen molar-refractivity contribution in [3.05, 3.63) is 23.8 Å². The van der Waals surface area contributed by atoms with Crippen LogP contribution in [-0.2, 0) is 6.54 Å². The summed E-state index contributed by atoms with van der Waals surface area (Å²) in [5.74, 6) is 1.41. The number of hydrogen-bond acceptors (Lipinski definition) is 5. The highest BCUT2D eigenvalue weighted by atomic mass is 16.5. The second-order valence-electron chi connectivity index (χ2n) is 7.26. The fraction of sp³-hybridized carbons (Fsp3) is 0.700. The molecule has 142 valence electrons. The maximum Gasteiger partial charge on any atom is 0.161 e. The van der Waals surface area contributed by atoms with Crippen molar-refractivity contribution in [1.82, 2.24) is 9.80 Å². The van der Waals surface area contributed by atoms with Gasteiger partial charge in [0.15, 0.2) is 11.5 Å². The Morgan fingerprint density at radius 3 is 2.40 bits per heavy atom. The lowest BCUT2D eigenvalue weighted by atomic mass is 10.1. The molecule has 25 heavy (non-hydrogen) atoms. The van der Waals surface area contributed by atoms with Gasteiger partial charge in [0, 0.05) is 13.1 Å². The third kappa shape index (κ3) is 7.22. The lowest BCUT2D eigenvalue weighted by Crippen LogP contribution is -2.37. The van der Waals surface area contributed by atoms with Crippen LogP contribution in [0.3, 0.4) is 0 Å². The first-order valence-corrected chi connectivity index (χ1v) is 9.43. The van der Waals surface area contributed by atoms with Gasteiger partial charge in [0.2, 0.25) is 0 Å². The van der Waals surface area contributed by atoms with Gasteiger partial charge in [0.05, 0.1) is 7.11 Å². The molecule has 1 atom stereocenters. The van der Waals surface area contributed by atoms with E-state index in [9.17, 15) is 5.11 Å². The maximum absolute atomic E-state index is 10.3. The van der Waals surface area contributed by atoms with E-state index in [2.05, 4.69) is 9.80 Å². The summed E-state index contributed by atoms with van der Waals surface area (Å²) in [4.78, 5) is 4.48. The molecule has 1 aliphatic rings. The minimum absolute atomic E-state index is 0.292. The average Bonchev–Trinajstić information content (AvgIpc) is 2.55. The molecule has 0 radical (unpaired) electrons. The second-order valence-corrected chi connectivity index (χ2v) is 7.26. The Labute approximate surface area is 152 Å². The molecule has 2 rings (SSSR count). The predicted octanol–water partition coefficient (Wildman–Crippen LogP) is 2.76. The fourth-order valence-electron chi connectivity index (χ4n) is 3.33. The van der Waals surface area contributed by atoms with Gasteiger partial charge in [-0.15, -0.1) is 0 Å². The number of benzene rings is 1. The highest BCUT2D eigenvalue weighted by molar-refractivity contribution is 5.43. The summed E-state index contributed by atoms with van der Waals surface area (Å²) in [7, 11) is 5.73. The Balaban J connectivity index is 1.84. The number of ether oxygens (including phenoxy) is 2. The topological polar surface area (TPSA) is 45.2 Å². The van der Waals surface area contributed by atoms with E-state index in [1.54, 1.807) is 7.11 Å². The second kappa shape index (κ2) is 10.6. The molecule has 0 spiro atoms. The zero-order chi connectivity index (χ0) is 18.1. The molecule has 1 N–H and O–H groups in total. The molecule has 1 fully saturated rings. The van der Waals surface area contributed by atoms with Crippen LogP contribution in [-0.4, -0.2) is 68.5 Å². The maximum atomic E-state index is 10.3. The standard InChI is InChI=1S/C20H34N2O3/c1-21(2)14-17-9-10-19(20(13-17)24-3)25-16-18(23)15-22-11-7-5-4-6-8-12-22/h9-10,13,18,23H,4-8,11-12,14-16H2,1-3H3. The average molecular weight is 351 g/mol. The van der Waals surface area contributed by atoms with Crippen LogP contribution in [0.4, 0.5) is 0 Å². The van der Waals surface area contributed by atoms with E-state index in [0.29, 0.717) is 18.9 Å². The molecule has 1 aromatic rings. The van der Waals surface area contributed by atoms with Crippen molar-refractivity contribution in [3.63, 3.8) is 0 Å². The van der Waals surface area contributed by atoms with Crippen molar-refractivity contribution in [1.29, 1.82) is 0 Å². The number of rotatable bonds is 8. The predicted molar refractivity (Wildman–Crippen MR) is 101 cm³/mol. The van der Waals surface area contributed by atoms with Gasteiger partial charge >= 0.3 is 0 Å². The fourth-order valence-corrected chi connectivity index (χ4v) is 3.33. The van der Waals surface area contributed by atoms with Gasteiger partial charge in [-0.3, -0.25) is 0 Å². The molecule has 5 heteroatoms. The van der Waals surface area contributed by atoms with E-state index in [0.717, 1.165) is 25.4 Å². The molecular formula is C20H34N2O3. The smallest absolute Gasteiger partial charge is 0.161 e. The SMILES string of the molecule is COc1cc(CN(C)C)ccc1OCC(O)CN1CCCCCCC1. The van der Waals surface area contributed by atoms with Crippen LogP contribution in [0.5, 0.6) is 11.5 Å². The quantitative estimate of drug-likeness (QED) is 0.781. The van der Waals surface area contributed by atoms with Crippen molar-refractivity contribution < 1.29 is 14.6 Å². The molecule has 1 aliphatic heterocycles. The van der Waals surface area contributed by atoms with Crippen molar-refractivity contribution in [3.8, 4) is 11.5 Å². The van der Waals surface area contributed by atoms with Crippen molar-refractivity contribution in [2.75, 3.05) is 47.4 Å². The first-order chi connectivity index (χ1) is 12.1. The number of β-amino-alcohol motifs (C(OH)–C–C–N with tert-alkyl or cyclic N) is 1. The molecule has 0 aliphatic carbocycles. The molecular weight excluding hydrogens is 316 g/mol. The van der Waals surface area contributed by atoms with Crippen LogP contribution in [0.25, 0.3) is 0 Å². The summed E-state index contributed by atoms with van der Waals surface area (Å²) < 4.78 is 11.3. The van der Waals surface area contributed by atoms with Gasteiger partial charge < -0.3 is 24.4 Å². The van der Waals surface area contributed by atoms with Crippen LogP contribution in [0.2, 0.25) is 0 Å². The molecule has 0 aromatic heterocycles. The minimum atomic E-state index is -0.481. The first kappa shape index (κ1) is 20.0. The van der Waals surface area contributed by atoms with Gasteiger partial charge in [-0.25, -0.2) is 0 Å². The molecule has 5 nitrogen and oxygen atoms in total. The molecule has 1 heterocycles. The molecule has 1 saturated heterocycles. The molecule has 0 amide bonds. The Morgan fingerprint density at radius 2 is 1.76 bits per heavy atom. The van der Waals surface area contributed by atoms with E-state index in [-0.39, 0.29) is 0 Å². The van der Waals surface area contributed by atoms with Crippen molar-refractivity contribution in [2.24, 2.45) is 0 Å². The Kier molecular flexibility index (Phi) is 8.52. The molecule has 0 saturated carbocycles. The first-order valence-electron chi connectivity index (χ1n) is 9.43. The largest absolute Gasteiger partial charge is 0.493 e. The summed E-state index contributed by atoms with van der Waals surface area (Å²) in [6.07, 6.45) is 5.94. The van der Waals surface area contributed by atoms with Gasteiger partial charge in [0.1, 0.15) is 12.7 Å². The van der Waals surface area contributed by atoms with Crippen LogP contribution < -0.4 is 9.47 Å². The van der Waals surface area contributed by atoms with E-state index < -0.39 is 6.10 Å². The summed E-state index contributed by atoms with van der Waals surface area (Å²) >= 11 is 0. The normalized spacial score (nSPS) is 17.8. The van der Waals surface area contributed by atoms with Crippen LogP contribution >= 0.6 is 0 Å². The zero-order valence-electron chi connectivity index (χ0n) is 16.0. The summed E-state index contributed by atoms with van der Waals surface area (Å²) in [6.45, 7) is 3.99. The number of nitrogens with zero attached hydrogens (tertiary/aromatic N) is 2. The molecule has 1 unspecified atom stereocenters. The third-order valence-electron chi connectivity index (χ3n) is 4.58. The number of likely N-dealkylation sites (tertiary alicyclic amines) is 1. The van der Waals surface area contributed by atoms with Crippen LogP contribution in [0.15, 0.2) is 18.2 Å². The van der Waals surface area contributed by atoms with Gasteiger partial charge in [-0.05, 0) is 57.7 Å². The zero-order valence-corrected chi connectivity index (χ0v) is 16.0. The monoisotopic (exact) mass is 350 g/mol. The third-order valence-corrected chi connectivity index (χ3v) is 4.58. The Morgan fingerprint density at radius 1 is 1.08 bits per heavy atom. The van der Waals surface area contributed by atoms with Crippen LogP contribution in [0.1, 0.15) is 37.7 Å². The Bertz CT molecular complexity index is 500. The number of aliphatic hydroxyl groups excluding tert-OH is 1. The lowest BCUT2D eigenvalue weighted by Gasteiger charge is -2.26. The van der Waals surface area contributed by atoms with E-state index in [4.69, 9.17) is 9.47 Å². The van der Waals surface area contributed by atoms with Gasteiger partial charge in [-0.1, -0.05) is 25.3 Å². The van der Waals surface area contributed by atoms with Gasteiger partial charge in [-0.2, -0.15) is 0 Å². The minimum Gasteiger partial charge on any atom is -0.493 e. The lowest BCUT2D eigenvalue weighted by molar-refractivity contribution is 0.0645. The summed E-state index contributed by atoms with van der Waals surface area (Å²) in [6, 6.07) is 5.98. The van der Waals surface area contributed by atoms with Crippen molar-refractivity contribution in [2.45, 2.75) is 44.8 Å². The Hall–Kier alpha value is -1.30. The van der Waals surface area contributed by atoms with E-state index in [1.807, 2.05) is 32.3 Å². The van der Waals surface area contributed by atoms with Crippen molar-refractivity contribution >= 4 is 0 Å². The summed E-state index contributed by atoms with van der Waals surface area (Å²) in [5, 5.41) is 10.3.